The largest absolute Gasteiger partial charge is 0.330 e. The molecule has 50 valence electrons. The van der Waals surface area contributed by atoms with Gasteiger partial charge in [0.25, 0.3) is 0 Å². The lowest BCUT2D eigenvalue weighted by Crippen LogP contribution is -2.18. The second-order valence-corrected chi connectivity index (χ2v) is 2.90. The summed E-state index contributed by atoms with van der Waals surface area (Å²) >= 11 is 0. The minimum atomic E-state index is 0.674. The predicted molar refractivity (Wildman–Crippen MR) is 42.0 cm³/mol. The third kappa shape index (κ3) is 2.64. The van der Waals surface area contributed by atoms with Crippen molar-refractivity contribution >= 4 is 9.24 Å². The van der Waals surface area contributed by atoms with Crippen LogP contribution in [0.4, 0.5) is 0 Å². The maximum atomic E-state index is 5.44. The van der Waals surface area contributed by atoms with Gasteiger partial charge in [0.1, 0.15) is 0 Å². The predicted octanol–water partition coefficient (Wildman–Crippen LogP) is 1.09. The standard InChI is InChI=1S/C6H16NP/c1-5(3-7)6(2)4-8/h5-6H,3-4,7-8H2,1-2H3. The molecule has 1 nitrogen and oxygen atoms in total. The monoisotopic (exact) mass is 133 g/mol. The normalized spacial score (nSPS) is 18.0. The number of nitrogens with two attached hydrogens (primary N) is 1. The molecule has 0 spiro atoms. The van der Waals surface area contributed by atoms with Gasteiger partial charge >= 0.3 is 0 Å². The molecule has 0 aliphatic carbocycles. The average Bonchev–Trinajstić information content (AvgIpc) is 1.84. The van der Waals surface area contributed by atoms with E-state index >= 15 is 0 Å². The van der Waals surface area contributed by atoms with Crippen molar-refractivity contribution in [3.05, 3.63) is 0 Å². The van der Waals surface area contributed by atoms with Crippen LogP contribution in [0.5, 0.6) is 0 Å². The summed E-state index contributed by atoms with van der Waals surface area (Å²) in [7, 11) is 2.74. The van der Waals surface area contributed by atoms with E-state index in [0.717, 1.165) is 12.5 Å². The fourth-order valence-electron chi connectivity index (χ4n) is 0.465. The van der Waals surface area contributed by atoms with Crippen molar-refractivity contribution in [2.24, 2.45) is 17.6 Å². The first-order valence-corrected chi connectivity index (χ1v) is 3.94. The summed E-state index contributed by atoms with van der Waals surface area (Å²) in [6.07, 6.45) is 1.17. The molecule has 0 aromatic carbocycles. The van der Waals surface area contributed by atoms with Gasteiger partial charge in [-0.25, -0.2) is 0 Å². The van der Waals surface area contributed by atoms with Crippen molar-refractivity contribution in [1.29, 1.82) is 0 Å². The van der Waals surface area contributed by atoms with Crippen LogP contribution >= 0.6 is 9.24 Å². The van der Waals surface area contributed by atoms with Gasteiger partial charge in [0.2, 0.25) is 0 Å². The summed E-state index contributed by atoms with van der Waals surface area (Å²) in [5.41, 5.74) is 5.44. The number of rotatable bonds is 3. The van der Waals surface area contributed by atoms with Crippen LogP contribution in [0.2, 0.25) is 0 Å². The van der Waals surface area contributed by atoms with E-state index in [9.17, 15) is 0 Å². The van der Waals surface area contributed by atoms with Crippen LogP contribution in [-0.2, 0) is 0 Å². The van der Waals surface area contributed by atoms with Crippen molar-refractivity contribution in [2.45, 2.75) is 13.8 Å². The van der Waals surface area contributed by atoms with Gasteiger partial charge in [0, 0.05) is 0 Å². The summed E-state index contributed by atoms with van der Waals surface area (Å²) < 4.78 is 0. The van der Waals surface area contributed by atoms with Crippen LogP contribution in [0, 0.1) is 11.8 Å². The molecule has 3 atom stereocenters. The Hall–Kier alpha value is 0.390. The SMILES string of the molecule is CC(CN)C(C)CP. The van der Waals surface area contributed by atoms with Crippen LogP contribution in [0.25, 0.3) is 0 Å². The zero-order valence-corrected chi connectivity index (χ0v) is 6.88. The first-order valence-electron chi connectivity index (χ1n) is 3.12. The van der Waals surface area contributed by atoms with E-state index in [1.807, 2.05) is 0 Å². The molecular formula is C6H16NP. The molecule has 0 bridgehead atoms. The van der Waals surface area contributed by atoms with Crippen molar-refractivity contribution < 1.29 is 0 Å². The highest BCUT2D eigenvalue weighted by atomic mass is 31.0. The van der Waals surface area contributed by atoms with E-state index in [4.69, 9.17) is 5.73 Å². The topological polar surface area (TPSA) is 26.0 Å². The lowest BCUT2D eigenvalue weighted by Gasteiger charge is -2.14. The summed E-state index contributed by atoms with van der Waals surface area (Å²) in [4.78, 5) is 0. The summed E-state index contributed by atoms with van der Waals surface area (Å²) in [5, 5.41) is 0. The molecule has 0 aliphatic heterocycles. The Labute approximate surface area is 54.2 Å². The summed E-state index contributed by atoms with van der Waals surface area (Å²) in [6.45, 7) is 5.23. The summed E-state index contributed by atoms with van der Waals surface area (Å²) in [5.74, 6) is 1.43. The van der Waals surface area contributed by atoms with Crippen molar-refractivity contribution in [2.75, 3.05) is 12.7 Å². The second kappa shape index (κ2) is 4.29. The first kappa shape index (κ1) is 8.39. The minimum absolute atomic E-state index is 0.674. The van der Waals surface area contributed by atoms with E-state index in [2.05, 4.69) is 23.1 Å². The molecule has 0 fully saturated rings. The van der Waals surface area contributed by atoms with Gasteiger partial charge in [-0.05, 0) is 24.5 Å². The molecule has 2 heteroatoms. The molecule has 0 heterocycles. The molecule has 2 N–H and O–H groups in total. The Morgan fingerprint density at radius 1 is 1.38 bits per heavy atom. The zero-order chi connectivity index (χ0) is 6.57. The van der Waals surface area contributed by atoms with Crippen molar-refractivity contribution in [3.8, 4) is 0 Å². The third-order valence-electron chi connectivity index (χ3n) is 1.71. The van der Waals surface area contributed by atoms with E-state index in [1.165, 1.54) is 6.16 Å². The molecule has 0 saturated carbocycles. The van der Waals surface area contributed by atoms with Crippen LogP contribution < -0.4 is 5.73 Å². The first-order chi connectivity index (χ1) is 3.72. The van der Waals surface area contributed by atoms with Crippen molar-refractivity contribution in [3.63, 3.8) is 0 Å². The zero-order valence-electron chi connectivity index (χ0n) is 5.72. The van der Waals surface area contributed by atoms with E-state index in [0.29, 0.717) is 5.92 Å². The fraction of sp³-hybridized carbons (Fsp3) is 1.00. The van der Waals surface area contributed by atoms with Gasteiger partial charge in [-0.1, -0.05) is 13.8 Å². The molecule has 0 rings (SSSR count). The quantitative estimate of drug-likeness (QED) is 0.573. The lowest BCUT2D eigenvalue weighted by molar-refractivity contribution is 0.436. The van der Waals surface area contributed by atoms with Crippen molar-refractivity contribution in [1.82, 2.24) is 0 Å². The minimum Gasteiger partial charge on any atom is -0.330 e. The molecule has 0 saturated heterocycles. The number of hydrogen-bond donors (Lipinski definition) is 1. The third-order valence-corrected chi connectivity index (χ3v) is 2.46. The Balaban J connectivity index is 3.29. The van der Waals surface area contributed by atoms with Gasteiger partial charge in [0.15, 0.2) is 0 Å². The Bertz CT molecular complexity index is 48.5. The van der Waals surface area contributed by atoms with Crippen LogP contribution in [0.15, 0.2) is 0 Å². The van der Waals surface area contributed by atoms with Gasteiger partial charge in [-0.3, -0.25) is 0 Å². The molecule has 0 aromatic heterocycles. The van der Waals surface area contributed by atoms with Crippen LogP contribution in [0.1, 0.15) is 13.8 Å². The molecule has 3 unspecified atom stereocenters. The fourth-order valence-corrected chi connectivity index (χ4v) is 0.929. The maximum Gasteiger partial charge on any atom is -0.00488 e. The molecule has 0 aliphatic rings. The Kier molecular flexibility index (Phi) is 4.50. The highest BCUT2D eigenvalue weighted by molar-refractivity contribution is 7.16. The molecule has 0 amide bonds. The molecule has 0 aromatic rings. The van der Waals surface area contributed by atoms with E-state index in [-0.39, 0.29) is 0 Å². The van der Waals surface area contributed by atoms with Gasteiger partial charge in [-0.15, -0.1) is 9.24 Å². The van der Waals surface area contributed by atoms with Crippen LogP contribution in [0.3, 0.4) is 0 Å². The maximum absolute atomic E-state index is 5.44. The van der Waals surface area contributed by atoms with Crippen LogP contribution in [-0.4, -0.2) is 12.7 Å². The highest BCUT2D eigenvalue weighted by Crippen LogP contribution is 2.10. The Morgan fingerprint density at radius 2 is 1.88 bits per heavy atom. The Morgan fingerprint density at radius 3 is 2.00 bits per heavy atom. The van der Waals surface area contributed by atoms with E-state index < -0.39 is 0 Å². The summed E-state index contributed by atoms with van der Waals surface area (Å²) in [6, 6.07) is 0. The molecule has 0 radical (unpaired) electrons. The van der Waals surface area contributed by atoms with Gasteiger partial charge in [-0.2, -0.15) is 0 Å². The van der Waals surface area contributed by atoms with Gasteiger partial charge in [0.05, 0.1) is 0 Å². The smallest absolute Gasteiger partial charge is 0.00488 e. The lowest BCUT2D eigenvalue weighted by atomic mass is 9.98. The second-order valence-electron chi connectivity index (χ2n) is 2.43. The molecular weight excluding hydrogens is 117 g/mol. The molecule has 8 heavy (non-hydrogen) atoms. The van der Waals surface area contributed by atoms with Gasteiger partial charge < -0.3 is 5.73 Å². The highest BCUT2D eigenvalue weighted by Gasteiger charge is 2.06. The van der Waals surface area contributed by atoms with E-state index in [1.54, 1.807) is 0 Å². The average molecular weight is 133 g/mol. The number of hydrogen-bond acceptors (Lipinski definition) is 1.